The zero-order chi connectivity index (χ0) is 18.6. The first-order valence-corrected chi connectivity index (χ1v) is 10.4. The predicted molar refractivity (Wildman–Crippen MR) is 95.2 cm³/mol. The van der Waals surface area contributed by atoms with E-state index in [4.69, 9.17) is 16.3 Å². The monoisotopic (exact) mass is 387 g/mol. The quantitative estimate of drug-likeness (QED) is 0.696. The van der Waals surface area contributed by atoms with Crippen molar-refractivity contribution in [2.75, 3.05) is 18.1 Å². The summed E-state index contributed by atoms with van der Waals surface area (Å²) in [5.74, 6) is -0.822. The second-order valence-electron chi connectivity index (χ2n) is 6.12. The van der Waals surface area contributed by atoms with Gasteiger partial charge in [-0.05, 0) is 38.0 Å². The van der Waals surface area contributed by atoms with E-state index in [1.165, 1.54) is 11.8 Å². The zero-order valence-electron chi connectivity index (χ0n) is 14.3. The van der Waals surface area contributed by atoms with Crippen LogP contribution < -0.4 is 0 Å². The first-order valence-electron chi connectivity index (χ1n) is 8.16. The van der Waals surface area contributed by atoms with E-state index < -0.39 is 21.9 Å². The Hall–Kier alpha value is -1.60. The van der Waals surface area contributed by atoms with E-state index in [2.05, 4.69) is 0 Å². The van der Waals surface area contributed by atoms with Crippen LogP contribution in [0.15, 0.2) is 24.3 Å². The van der Waals surface area contributed by atoms with Gasteiger partial charge >= 0.3 is 5.97 Å². The minimum atomic E-state index is -3.09. The van der Waals surface area contributed by atoms with Crippen LogP contribution in [0.4, 0.5) is 0 Å². The number of benzene rings is 1. The van der Waals surface area contributed by atoms with Crippen LogP contribution in [-0.2, 0) is 30.6 Å². The number of carbonyl (C=O) groups excluding carboxylic acids is 2. The highest BCUT2D eigenvalue weighted by Crippen LogP contribution is 2.19. The summed E-state index contributed by atoms with van der Waals surface area (Å²) in [5.41, 5.74) is 0.739. The van der Waals surface area contributed by atoms with Gasteiger partial charge in [-0.2, -0.15) is 0 Å². The van der Waals surface area contributed by atoms with Gasteiger partial charge in [-0.25, -0.2) is 8.42 Å². The molecule has 0 saturated carbocycles. The van der Waals surface area contributed by atoms with Gasteiger partial charge in [0.1, 0.15) is 0 Å². The van der Waals surface area contributed by atoms with Gasteiger partial charge in [-0.15, -0.1) is 0 Å². The minimum absolute atomic E-state index is 0.0297. The maximum Gasteiger partial charge on any atom is 0.311 e. The maximum absolute atomic E-state index is 12.5. The Bertz CT molecular complexity index is 732. The molecule has 0 N–H and O–H groups in total. The Morgan fingerprint density at radius 2 is 1.96 bits per heavy atom. The van der Waals surface area contributed by atoms with Crippen molar-refractivity contribution in [3.63, 3.8) is 0 Å². The van der Waals surface area contributed by atoms with Crippen molar-refractivity contribution in [1.82, 2.24) is 4.90 Å². The third-order valence-corrected chi connectivity index (χ3v) is 6.19. The van der Waals surface area contributed by atoms with E-state index in [0.29, 0.717) is 18.0 Å². The Kier molecular flexibility index (Phi) is 6.46. The van der Waals surface area contributed by atoms with Crippen molar-refractivity contribution in [3.8, 4) is 0 Å². The molecule has 1 aromatic carbocycles. The lowest BCUT2D eigenvalue weighted by Gasteiger charge is -2.29. The molecule has 1 amide bonds. The lowest BCUT2D eigenvalue weighted by atomic mass is 10.1. The Labute approximate surface area is 153 Å². The molecule has 1 fully saturated rings. The van der Waals surface area contributed by atoms with Crippen LogP contribution >= 0.6 is 11.6 Å². The van der Waals surface area contributed by atoms with Crippen LogP contribution in [0.2, 0.25) is 5.02 Å². The third kappa shape index (κ3) is 5.44. The van der Waals surface area contributed by atoms with Crippen LogP contribution in [0.1, 0.15) is 25.8 Å². The Balaban J connectivity index is 1.93. The fourth-order valence-electron chi connectivity index (χ4n) is 2.91. The summed E-state index contributed by atoms with van der Waals surface area (Å²) in [6.45, 7) is 3.66. The fourth-order valence-corrected chi connectivity index (χ4v) is 4.76. The number of amides is 1. The molecule has 0 aromatic heterocycles. The zero-order valence-corrected chi connectivity index (χ0v) is 15.8. The molecule has 1 heterocycles. The summed E-state index contributed by atoms with van der Waals surface area (Å²) < 4.78 is 28.5. The largest absolute Gasteiger partial charge is 0.452 e. The van der Waals surface area contributed by atoms with Gasteiger partial charge in [-0.1, -0.05) is 23.7 Å². The molecular formula is C17H22ClNO5S. The van der Waals surface area contributed by atoms with Crippen molar-refractivity contribution in [1.29, 1.82) is 0 Å². The minimum Gasteiger partial charge on any atom is -0.452 e. The van der Waals surface area contributed by atoms with E-state index in [0.717, 1.165) is 5.56 Å². The van der Waals surface area contributed by atoms with Crippen LogP contribution in [0.5, 0.6) is 0 Å². The standard InChI is InChI=1S/C17H22ClNO5S/c1-3-19(15-8-9-25(22,23)11-15)17(21)12(2)24-16(20)10-13-4-6-14(18)7-5-13/h4-7,12,15H,3,8-11H2,1-2H3. The van der Waals surface area contributed by atoms with Gasteiger partial charge in [-0.3, -0.25) is 9.59 Å². The number of hydrogen-bond donors (Lipinski definition) is 0. The molecule has 1 aromatic rings. The number of ether oxygens (including phenoxy) is 1. The molecule has 8 heteroatoms. The topological polar surface area (TPSA) is 80.8 Å². The molecule has 6 nitrogen and oxygen atoms in total. The number of likely N-dealkylation sites (N-methyl/N-ethyl adjacent to an activating group) is 1. The molecule has 0 bridgehead atoms. The second kappa shape index (κ2) is 8.19. The van der Waals surface area contributed by atoms with E-state index >= 15 is 0 Å². The van der Waals surface area contributed by atoms with E-state index in [1.54, 1.807) is 31.2 Å². The van der Waals surface area contributed by atoms with Crippen molar-refractivity contribution in [2.45, 2.75) is 38.8 Å². The van der Waals surface area contributed by atoms with Gasteiger partial charge in [0.2, 0.25) is 0 Å². The predicted octanol–water partition coefficient (Wildman–Crippen LogP) is 1.85. The van der Waals surface area contributed by atoms with Gasteiger partial charge < -0.3 is 9.64 Å². The summed E-state index contributed by atoms with van der Waals surface area (Å²) in [6, 6.07) is 6.45. The highest BCUT2D eigenvalue weighted by molar-refractivity contribution is 7.91. The molecule has 0 spiro atoms. The Morgan fingerprint density at radius 1 is 1.32 bits per heavy atom. The number of nitrogens with zero attached hydrogens (tertiary/aromatic N) is 1. The average Bonchev–Trinajstić information content (AvgIpc) is 2.90. The van der Waals surface area contributed by atoms with Gasteiger partial charge in [0.25, 0.3) is 5.91 Å². The highest BCUT2D eigenvalue weighted by atomic mass is 35.5. The summed E-state index contributed by atoms with van der Waals surface area (Å²) >= 11 is 5.80. The normalized spacial score (nSPS) is 20.0. The molecule has 1 aliphatic rings. The average molecular weight is 388 g/mol. The summed E-state index contributed by atoms with van der Waals surface area (Å²) in [4.78, 5) is 26.1. The molecule has 0 aliphatic carbocycles. The second-order valence-corrected chi connectivity index (χ2v) is 8.78. The van der Waals surface area contributed by atoms with E-state index in [-0.39, 0.29) is 29.9 Å². The molecule has 25 heavy (non-hydrogen) atoms. The van der Waals surface area contributed by atoms with E-state index in [9.17, 15) is 18.0 Å². The summed E-state index contributed by atoms with van der Waals surface area (Å²) in [7, 11) is -3.09. The molecule has 2 rings (SSSR count). The molecule has 0 radical (unpaired) electrons. The fraction of sp³-hybridized carbons (Fsp3) is 0.529. The van der Waals surface area contributed by atoms with Crippen molar-refractivity contribution in [3.05, 3.63) is 34.9 Å². The first kappa shape index (κ1) is 19.7. The summed E-state index contributed by atoms with van der Waals surface area (Å²) in [6.07, 6.45) is -0.491. The highest BCUT2D eigenvalue weighted by Gasteiger charge is 2.36. The molecule has 2 atom stereocenters. The van der Waals surface area contributed by atoms with Crippen molar-refractivity contribution < 1.29 is 22.7 Å². The lowest BCUT2D eigenvalue weighted by Crippen LogP contribution is -2.46. The van der Waals surface area contributed by atoms with E-state index in [1.807, 2.05) is 0 Å². The third-order valence-electron chi connectivity index (χ3n) is 4.19. The van der Waals surface area contributed by atoms with Crippen LogP contribution in [0.25, 0.3) is 0 Å². The summed E-state index contributed by atoms with van der Waals surface area (Å²) in [5, 5.41) is 0.575. The Morgan fingerprint density at radius 3 is 2.48 bits per heavy atom. The smallest absolute Gasteiger partial charge is 0.311 e. The van der Waals surface area contributed by atoms with Gasteiger partial charge in [0.05, 0.1) is 17.9 Å². The molecule has 138 valence electrons. The van der Waals surface area contributed by atoms with Gasteiger partial charge in [0.15, 0.2) is 15.9 Å². The maximum atomic E-state index is 12.5. The van der Waals surface area contributed by atoms with Crippen molar-refractivity contribution >= 4 is 33.3 Å². The first-order chi connectivity index (χ1) is 11.7. The molecule has 1 aliphatic heterocycles. The van der Waals surface area contributed by atoms with Crippen LogP contribution in [0.3, 0.4) is 0 Å². The number of halogens is 1. The number of carbonyl (C=O) groups is 2. The van der Waals surface area contributed by atoms with Crippen LogP contribution in [0, 0.1) is 0 Å². The number of esters is 1. The van der Waals surface area contributed by atoms with Crippen molar-refractivity contribution in [2.24, 2.45) is 0 Å². The number of hydrogen-bond acceptors (Lipinski definition) is 5. The van der Waals surface area contributed by atoms with Gasteiger partial charge in [0, 0.05) is 17.6 Å². The molecule has 1 saturated heterocycles. The molecule has 2 unspecified atom stereocenters. The molecular weight excluding hydrogens is 366 g/mol. The number of rotatable bonds is 6. The lowest BCUT2D eigenvalue weighted by molar-refractivity contribution is -0.159. The number of sulfone groups is 1. The van der Waals surface area contributed by atoms with Crippen LogP contribution in [-0.4, -0.2) is 55.4 Å². The SMILES string of the molecule is CCN(C(=O)C(C)OC(=O)Cc1ccc(Cl)cc1)C1CCS(=O)(=O)C1.